The molecule has 0 unspecified atom stereocenters. The van der Waals surface area contributed by atoms with Crippen LogP contribution in [0.1, 0.15) is 28.8 Å². The molecule has 2 amide bonds. The Hall–Kier alpha value is -2.67. The van der Waals surface area contributed by atoms with Gasteiger partial charge in [-0.05, 0) is 55.3 Å². The summed E-state index contributed by atoms with van der Waals surface area (Å²) in [7, 11) is 0. The molecule has 2 aromatic rings. The highest BCUT2D eigenvalue weighted by atomic mass is 79.9. The molecular formula is C20H19BrN2O4. The Bertz CT molecular complexity index is 897. The SMILES string of the molecule is Cc1cc(NC(=O)COC(=O)c2cccc(N3CCCC3=O)c2)ccc1Br. The molecule has 6 nitrogen and oxygen atoms in total. The van der Waals surface area contributed by atoms with E-state index in [2.05, 4.69) is 21.2 Å². The summed E-state index contributed by atoms with van der Waals surface area (Å²) in [4.78, 5) is 37.7. The van der Waals surface area contributed by atoms with Gasteiger partial charge in [-0.1, -0.05) is 22.0 Å². The molecule has 0 saturated carbocycles. The third-order valence-corrected chi connectivity index (χ3v) is 5.13. The van der Waals surface area contributed by atoms with Crippen molar-refractivity contribution in [3.8, 4) is 0 Å². The van der Waals surface area contributed by atoms with Gasteiger partial charge in [0.25, 0.3) is 5.91 Å². The van der Waals surface area contributed by atoms with Crippen LogP contribution in [0.2, 0.25) is 0 Å². The van der Waals surface area contributed by atoms with Gasteiger partial charge < -0.3 is 15.0 Å². The van der Waals surface area contributed by atoms with Crippen molar-refractivity contribution in [3.05, 3.63) is 58.1 Å². The van der Waals surface area contributed by atoms with Crippen LogP contribution in [-0.2, 0) is 14.3 Å². The van der Waals surface area contributed by atoms with E-state index in [9.17, 15) is 14.4 Å². The van der Waals surface area contributed by atoms with Gasteiger partial charge in [0.2, 0.25) is 5.91 Å². The van der Waals surface area contributed by atoms with Gasteiger partial charge in [-0.3, -0.25) is 9.59 Å². The van der Waals surface area contributed by atoms with Crippen molar-refractivity contribution in [1.29, 1.82) is 0 Å². The van der Waals surface area contributed by atoms with E-state index in [1.54, 1.807) is 35.2 Å². The van der Waals surface area contributed by atoms with E-state index in [4.69, 9.17) is 4.74 Å². The highest BCUT2D eigenvalue weighted by Gasteiger charge is 2.22. The zero-order valence-electron chi connectivity index (χ0n) is 14.8. The predicted octanol–water partition coefficient (Wildman–Crippen LogP) is 3.68. The number of esters is 1. The molecular weight excluding hydrogens is 412 g/mol. The van der Waals surface area contributed by atoms with Crippen LogP contribution in [0, 0.1) is 6.92 Å². The zero-order chi connectivity index (χ0) is 19.4. The molecule has 1 fully saturated rings. The summed E-state index contributed by atoms with van der Waals surface area (Å²) in [6.45, 7) is 2.17. The molecule has 7 heteroatoms. The minimum Gasteiger partial charge on any atom is -0.452 e. The molecule has 0 spiro atoms. The third kappa shape index (κ3) is 4.74. The molecule has 0 aliphatic carbocycles. The van der Waals surface area contributed by atoms with Crippen LogP contribution in [0.25, 0.3) is 0 Å². The number of aryl methyl sites for hydroxylation is 1. The van der Waals surface area contributed by atoms with Crippen molar-refractivity contribution in [3.63, 3.8) is 0 Å². The topological polar surface area (TPSA) is 75.7 Å². The van der Waals surface area contributed by atoms with Crippen molar-refractivity contribution in [2.45, 2.75) is 19.8 Å². The molecule has 27 heavy (non-hydrogen) atoms. The summed E-state index contributed by atoms with van der Waals surface area (Å²) in [5.41, 5.74) is 2.59. The molecule has 1 aliphatic heterocycles. The number of hydrogen-bond acceptors (Lipinski definition) is 4. The molecule has 140 valence electrons. The zero-order valence-corrected chi connectivity index (χ0v) is 16.4. The Morgan fingerprint density at radius 2 is 2.04 bits per heavy atom. The first-order valence-electron chi connectivity index (χ1n) is 8.57. The lowest BCUT2D eigenvalue weighted by Gasteiger charge is -2.16. The fourth-order valence-corrected chi connectivity index (χ4v) is 3.10. The second-order valence-corrected chi connectivity index (χ2v) is 7.14. The average molecular weight is 431 g/mol. The summed E-state index contributed by atoms with van der Waals surface area (Å²) in [6, 6.07) is 12.1. The normalized spacial score (nSPS) is 13.6. The minimum atomic E-state index is -0.606. The number of halogens is 1. The molecule has 1 aliphatic rings. The van der Waals surface area contributed by atoms with Gasteiger partial charge in [-0.25, -0.2) is 4.79 Å². The summed E-state index contributed by atoms with van der Waals surface area (Å²) >= 11 is 3.40. The van der Waals surface area contributed by atoms with E-state index >= 15 is 0 Å². The van der Waals surface area contributed by atoms with E-state index in [-0.39, 0.29) is 12.5 Å². The summed E-state index contributed by atoms with van der Waals surface area (Å²) in [5, 5.41) is 2.69. The lowest BCUT2D eigenvalue weighted by molar-refractivity contribution is -0.119. The summed E-state index contributed by atoms with van der Waals surface area (Å²) in [6.07, 6.45) is 1.33. The van der Waals surface area contributed by atoms with Crippen LogP contribution in [-0.4, -0.2) is 30.9 Å². The molecule has 1 saturated heterocycles. The molecule has 1 heterocycles. The van der Waals surface area contributed by atoms with Gasteiger partial charge in [-0.2, -0.15) is 0 Å². The van der Waals surface area contributed by atoms with Gasteiger partial charge in [0.1, 0.15) is 0 Å². The Morgan fingerprint density at radius 3 is 2.74 bits per heavy atom. The maximum Gasteiger partial charge on any atom is 0.338 e. The molecule has 2 aromatic carbocycles. The Balaban J connectivity index is 1.58. The molecule has 0 atom stereocenters. The maximum atomic E-state index is 12.2. The third-order valence-electron chi connectivity index (χ3n) is 4.24. The Labute approximate surface area is 165 Å². The summed E-state index contributed by atoms with van der Waals surface area (Å²) in [5.74, 6) is -0.980. The van der Waals surface area contributed by atoms with Gasteiger partial charge in [0.05, 0.1) is 5.56 Å². The predicted molar refractivity (Wildman–Crippen MR) is 106 cm³/mol. The maximum absolute atomic E-state index is 12.2. The van der Waals surface area contributed by atoms with E-state index < -0.39 is 11.9 Å². The number of anilines is 2. The lowest BCUT2D eigenvalue weighted by atomic mass is 10.2. The molecule has 0 bridgehead atoms. The highest BCUT2D eigenvalue weighted by Crippen LogP contribution is 2.23. The van der Waals surface area contributed by atoms with Crippen molar-refractivity contribution in [2.24, 2.45) is 0 Å². The van der Waals surface area contributed by atoms with Crippen molar-refractivity contribution in [2.75, 3.05) is 23.4 Å². The van der Waals surface area contributed by atoms with Gasteiger partial charge in [-0.15, -0.1) is 0 Å². The smallest absolute Gasteiger partial charge is 0.338 e. The second-order valence-electron chi connectivity index (χ2n) is 6.29. The van der Waals surface area contributed by atoms with Crippen molar-refractivity contribution >= 4 is 45.1 Å². The summed E-state index contributed by atoms with van der Waals surface area (Å²) < 4.78 is 6.04. The number of ether oxygens (including phenoxy) is 1. The number of benzene rings is 2. The van der Waals surface area contributed by atoms with Crippen LogP contribution >= 0.6 is 15.9 Å². The fraction of sp³-hybridized carbons (Fsp3) is 0.250. The highest BCUT2D eigenvalue weighted by molar-refractivity contribution is 9.10. The fourth-order valence-electron chi connectivity index (χ4n) is 2.86. The van der Waals surface area contributed by atoms with Crippen molar-refractivity contribution < 1.29 is 19.1 Å². The first kappa shape index (κ1) is 19.1. The van der Waals surface area contributed by atoms with Gasteiger partial charge in [0.15, 0.2) is 6.61 Å². The first-order valence-corrected chi connectivity index (χ1v) is 9.37. The average Bonchev–Trinajstić information content (AvgIpc) is 3.09. The minimum absolute atomic E-state index is 0.0460. The Kier molecular flexibility index (Phi) is 5.91. The number of rotatable bonds is 5. The quantitative estimate of drug-likeness (QED) is 0.733. The largest absolute Gasteiger partial charge is 0.452 e. The van der Waals surface area contributed by atoms with Crippen LogP contribution in [0.15, 0.2) is 46.9 Å². The van der Waals surface area contributed by atoms with E-state index in [1.807, 2.05) is 19.1 Å². The number of nitrogens with zero attached hydrogens (tertiary/aromatic N) is 1. The number of carbonyl (C=O) groups is 3. The molecule has 0 aromatic heterocycles. The van der Waals surface area contributed by atoms with Gasteiger partial charge >= 0.3 is 5.97 Å². The number of hydrogen-bond donors (Lipinski definition) is 1. The lowest BCUT2D eigenvalue weighted by Crippen LogP contribution is -2.24. The molecule has 3 rings (SSSR count). The van der Waals surface area contributed by atoms with Crippen LogP contribution in [0.3, 0.4) is 0 Å². The molecule has 1 N–H and O–H groups in total. The number of amides is 2. The van der Waals surface area contributed by atoms with E-state index in [0.29, 0.717) is 29.9 Å². The van der Waals surface area contributed by atoms with E-state index in [0.717, 1.165) is 16.5 Å². The number of carbonyl (C=O) groups excluding carboxylic acids is 3. The standard InChI is InChI=1S/C20H19BrN2O4/c1-13-10-15(7-8-17(13)21)22-18(24)12-27-20(26)14-4-2-5-16(11-14)23-9-3-6-19(23)25/h2,4-5,7-8,10-11H,3,6,9,12H2,1H3,(H,22,24). The monoisotopic (exact) mass is 430 g/mol. The van der Waals surface area contributed by atoms with Gasteiger partial charge in [0, 0.05) is 28.8 Å². The Morgan fingerprint density at radius 1 is 1.22 bits per heavy atom. The van der Waals surface area contributed by atoms with Crippen LogP contribution in [0.4, 0.5) is 11.4 Å². The first-order chi connectivity index (χ1) is 12.9. The van der Waals surface area contributed by atoms with Crippen LogP contribution < -0.4 is 10.2 Å². The number of nitrogens with one attached hydrogen (secondary N) is 1. The molecule has 0 radical (unpaired) electrons. The second kappa shape index (κ2) is 8.35. The van der Waals surface area contributed by atoms with Crippen LogP contribution in [0.5, 0.6) is 0 Å². The van der Waals surface area contributed by atoms with E-state index in [1.165, 1.54) is 0 Å². The van der Waals surface area contributed by atoms with Crippen molar-refractivity contribution in [1.82, 2.24) is 0 Å².